The summed E-state index contributed by atoms with van der Waals surface area (Å²) in [6.07, 6.45) is 0.734. The minimum Gasteiger partial charge on any atom is -0.323 e. The van der Waals surface area contributed by atoms with Gasteiger partial charge in [0.1, 0.15) is 5.82 Å². The zero-order valence-electron chi connectivity index (χ0n) is 11.2. The molecule has 0 spiro atoms. The Kier molecular flexibility index (Phi) is 4.53. The van der Waals surface area contributed by atoms with Gasteiger partial charge in [-0.25, -0.2) is 4.98 Å². The zero-order valence-corrected chi connectivity index (χ0v) is 14.3. The third-order valence-electron chi connectivity index (χ3n) is 3.39. The number of rotatable bonds is 4. The highest BCUT2D eigenvalue weighted by Gasteiger charge is 2.12. The van der Waals surface area contributed by atoms with Crippen LogP contribution in [0.5, 0.6) is 0 Å². The average Bonchev–Trinajstić information content (AvgIpc) is 2.79. The van der Waals surface area contributed by atoms with Crippen molar-refractivity contribution in [3.05, 3.63) is 63.3 Å². The second-order valence-electron chi connectivity index (χ2n) is 4.78. The Balaban J connectivity index is 2.12. The van der Waals surface area contributed by atoms with Gasteiger partial charge in [-0.3, -0.25) is 0 Å². The Morgan fingerprint density at radius 1 is 1.14 bits per heavy atom. The highest BCUT2D eigenvalue weighted by Crippen LogP contribution is 2.24. The van der Waals surface area contributed by atoms with Gasteiger partial charge < -0.3 is 4.57 Å². The van der Waals surface area contributed by atoms with Gasteiger partial charge in [0.05, 0.1) is 17.6 Å². The Morgan fingerprint density at radius 3 is 2.71 bits per heavy atom. The molecule has 108 valence electrons. The molecule has 3 rings (SSSR count). The summed E-state index contributed by atoms with van der Waals surface area (Å²) in [6.45, 7) is 0.741. The van der Waals surface area contributed by atoms with Crippen LogP contribution in [0.15, 0.2) is 46.9 Å². The van der Waals surface area contributed by atoms with Gasteiger partial charge >= 0.3 is 0 Å². The van der Waals surface area contributed by atoms with Crippen LogP contribution in [0.2, 0.25) is 5.02 Å². The minimum atomic E-state index is 0.549. The van der Waals surface area contributed by atoms with Gasteiger partial charge in [0, 0.05) is 21.8 Å². The highest BCUT2D eigenvalue weighted by atomic mass is 79.9. The van der Waals surface area contributed by atoms with Crippen molar-refractivity contribution in [2.45, 2.75) is 13.0 Å². The fourth-order valence-corrected chi connectivity index (χ4v) is 3.14. The van der Waals surface area contributed by atoms with E-state index in [1.54, 1.807) is 0 Å². The molecule has 21 heavy (non-hydrogen) atoms. The molecule has 1 aromatic heterocycles. The lowest BCUT2D eigenvalue weighted by molar-refractivity contribution is 0.752. The molecule has 0 aliphatic heterocycles. The number of imidazole rings is 1. The third kappa shape index (κ3) is 3.10. The van der Waals surface area contributed by atoms with E-state index >= 15 is 0 Å². The molecule has 0 aliphatic carbocycles. The van der Waals surface area contributed by atoms with E-state index in [1.807, 2.05) is 36.4 Å². The highest BCUT2D eigenvalue weighted by molar-refractivity contribution is 9.10. The summed E-state index contributed by atoms with van der Waals surface area (Å²) >= 11 is 15.6. The Morgan fingerprint density at radius 2 is 1.95 bits per heavy atom. The van der Waals surface area contributed by atoms with Crippen molar-refractivity contribution in [1.82, 2.24) is 9.55 Å². The van der Waals surface area contributed by atoms with Gasteiger partial charge in [-0.05, 0) is 29.8 Å². The Bertz CT molecular complexity index is 783. The summed E-state index contributed by atoms with van der Waals surface area (Å²) in [5.41, 5.74) is 3.19. The van der Waals surface area contributed by atoms with Crippen molar-refractivity contribution in [2.24, 2.45) is 0 Å². The number of halogens is 3. The molecule has 0 fully saturated rings. The molecular weight excluding hydrogens is 371 g/mol. The first-order chi connectivity index (χ1) is 10.2. The monoisotopic (exact) mass is 382 g/mol. The van der Waals surface area contributed by atoms with E-state index in [2.05, 4.69) is 31.5 Å². The molecule has 0 N–H and O–H groups in total. The number of benzene rings is 2. The third-order valence-corrected chi connectivity index (χ3v) is 4.59. The maximum atomic E-state index is 6.13. The summed E-state index contributed by atoms with van der Waals surface area (Å²) in [5.74, 6) is 1.53. The predicted molar refractivity (Wildman–Crippen MR) is 92.4 cm³/mol. The van der Waals surface area contributed by atoms with Gasteiger partial charge in [0.2, 0.25) is 0 Å². The molecule has 0 atom stereocenters. The Labute approximate surface area is 141 Å². The van der Waals surface area contributed by atoms with Gasteiger partial charge in [-0.2, -0.15) is 0 Å². The number of nitrogens with zero attached hydrogens (tertiary/aromatic N) is 2. The van der Waals surface area contributed by atoms with Crippen LogP contribution in [-0.4, -0.2) is 15.4 Å². The van der Waals surface area contributed by atoms with Crippen LogP contribution in [0.3, 0.4) is 0 Å². The van der Waals surface area contributed by atoms with E-state index in [0.717, 1.165) is 34.3 Å². The van der Waals surface area contributed by atoms with Gasteiger partial charge in [-0.1, -0.05) is 45.7 Å². The molecule has 0 saturated heterocycles. The van der Waals surface area contributed by atoms with Crippen molar-refractivity contribution in [3.63, 3.8) is 0 Å². The summed E-state index contributed by atoms with van der Waals surface area (Å²) < 4.78 is 3.27. The van der Waals surface area contributed by atoms with Crippen LogP contribution in [0.4, 0.5) is 0 Å². The van der Waals surface area contributed by atoms with Gasteiger partial charge in [-0.15, -0.1) is 11.6 Å². The summed E-state index contributed by atoms with van der Waals surface area (Å²) in [6, 6.07) is 14.0. The van der Waals surface area contributed by atoms with Crippen LogP contribution in [-0.2, 0) is 13.0 Å². The fraction of sp³-hybridized carbons (Fsp3) is 0.188. The maximum absolute atomic E-state index is 6.13. The smallest absolute Gasteiger partial charge is 0.111 e. The van der Waals surface area contributed by atoms with Gasteiger partial charge in [0.15, 0.2) is 0 Å². The topological polar surface area (TPSA) is 17.8 Å². The first kappa shape index (κ1) is 14.9. The standard InChI is InChI=1S/C16H13BrCl2N2/c17-13-4-2-1-3-11(13)10-21-15-9-12(19)5-6-14(15)20-16(21)7-8-18/h1-6,9H,7-8,10H2. The van der Waals surface area contributed by atoms with Crippen molar-refractivity contribution in [2.75, 3.05) is 5.88 Å². The molecule has 0 saturated carbocycles. The van der Waals surface area contributed by atoms with Crippen molar-refractivity contribution < 1.29 is 0 Å². The quantitative estimate of drug-likeness (QED) is 0.560. The summed E-state index contributed by atoms with van der Waals surface area (Å²) in [4.78, 5) is 4.67. The first-order valence-electron chi connectivity index (χ1n) is 6.63. The molecule has 0 radical (unpaired) electrons. The van der Waals surface area contributed by atoms with E-state index in [4.69, 9.17) is 23.2 Å². The largest absolute Gasteiger partial charge is 0.323 e. The molecule has 5 heteroatoms. The lowest BCUT2D eigenvalue weighted by atomic mass is 10.2. The molecular formula is C16H13BrCl2N2. The van der Waals surface area contributed by atoms with E-state index in [-0.39, 0.29) is 0 Å². The average molecular weight is 384 g/mol. The second kappa shape index (κ2) is 6.39. The predicted octanol–water partition coefficient (Wildman–Crippen LogP) is 5.28. The van der Waals surface area contributed by atoms with Crippen molar-refractivity contribution in [3.8, 4) is 0 Å². The molecule has 0 unspecified atom stereocenters. The molecule has 0 amide bonds. The van der Waals surface area contributed by atoms with Crippen LogP contribution in [0.25, 0.3) is 11.0 Å². The van der Waals surface area contributed by atoms with E-state index in [0.29, 0.717) is 10.9 Å². The normalized spacial score (nSPS) is 11.2. The number of hydrogen-bond acceptors (Lipinski definition) is 1. The lowest BCUT2D eigenvalue weighted by Gasteiger charge is -2.10. The van der Waals surface area contributed by atoms with E-state index in [9.17, 15) is 0 Å². The van der Waals surface area contributed by atoms with Crippen molar-refractivity contribution >= 4 is 50.2 Å². The SMILES string of the molecule is ClCCc1nc2ccc(Cl)cc2n1Cc1ccccc1Br. The molecule has 3 aromatic rings. The van der Waals surface area contributed by atoms with Gasteiger partial charge in [0.25, 0.3) is 0 Å². The van der Waals surface area contributed by atoms with Crippen LogP contribution in [0, 0.1) is 0 Å². The number of alkyl halides is 1. The van der Waals surface area contributed by atoms with Crippen molar-refractivity contribution in [1.29, 1.82) is 0 Å². The first-order valence-corrected chi connectivity index (χ1v) is 8.33. The second-order valence-corrected chi connectivity index (χ2v) is 6.45. The number of aryl methyl sites for hydroxylation is 1. The molecule has 2 nitrogen and oxygen atoms in total. The number of aromatic nitrogens is 2. The summed E-state index contributed by atoms with van der Waals surface area (Å²) in [5, 5.41) is 0.716. The summed E-state index contributed by atoms with van der Waals surface area (Å²) in [7, 11) is 0. The Hall–Kier alpha value is -1.03. The maximum Gasteiger partial charge on any atom is 0.111 e. The minimum absolute atomic E-state index is 0.549. The fourth-order valence-electron chi connectivity index (χ4n) is 2.39. The molecule has 0 bridgehead atoms. The van der Waals surface area contributed by atoms with Crippen LogP contribution < -0.4 is 0 Å². The molecule has 1 heterocycles. The molecule has 2 aromatic carbocycles. The number of hydrogen-bond donors (Lipinski definition) is 0. The number of fused-ring (bicyclic) bond motifs is 1. The van der Waals surface area contributed by atoms with Crippen LogP contribution in [0.1, 0.15) is 11.4 Å². The van der Waals surface area contributed by atoms with E-state index < -0.39 is 0 Å². The van der Waals surface area contributed by atoms with E-state index in [1.165, 1.54) is 5.56 Å². The molecule has 0 aliphatic rings. The van der Waals surface area contributed by atoms with Crippen LogP contribution >= 0.6 is 39.1 Å². The lowest BCUT2D eigenvalue weighted by Crippen LogP contribution is -2.06. The zero-order chi connectivity index (χ0) is 14.8.